The maximum atomic E-state index is 11.1. The molecule has 14 heavy (non-hydrogen) atoms. The standard InChI is InChI=1S/C9H16N4O/c1-7(5-4-6-12-13-10)9(11-3)8(2)14/h9,11H,1,4-6H2,2-3H3/t9-/m1/s1. The lowest BCUT2D eigenvalue weighted by atomic mass is 10.0. The molecule has 0 saturated heterocycles. The van der Waals surface area contributed by atoms with Crippen molar-refractivity contribution >= 4 is 5.78 Å². The highest BCUT2D eigenvalue weighted by molar-refractivity contribution is 5.84. The molecule has 0 aliphatic rings. The summed E-state index contributed by atoms with van der Waals surface area (Å²) >= 11 is 0. The first kappa shape index (κ1) is 12.7. The van der Waals surface area contributed by atoms with E-state index in [4.69, 9.17) is 5.53 Å². The zero-order valence-corrected chi connectivity index (χ0v) is 8.66. The number of carbonyl (C=O) groups is 1. The summed E-state index contributed by atoms with van der Waals surface area (Å²) in [5.74, 6) is 0.0567. The lowest BCUT2D eigenvalue weighted by Crippen LogP contribution is -2.33. The smallest absolute Gasteiger partial charge is 0.150 e. The van der Waals surface area contributed by atoms with Crippen LogP contribution in [0.1, 0.15) is 19.8 Å². The molecular weight excluding hydrogens is 180 g/mol. The largest absolute Gasteiger partial charge is 0.307 e. The zero-order chi connectivity index (χ0) is 11.0. The van der Waals surface area contributed by atoms with Crippen LogP contribution >= 0.6 is 0 Å². The number of rotatable bonds is 7. The summed E-state index contributed by atoms with van der Waals surface area (Å²) in [5.41, 5.74) is 8.89. The minimum atomic E-state index is -0.277. The molecule has 5 heteroatoms. The van der Waals surface area contributed by atoms with Gasteiger partial charge in [-0.3, -0.25) is 4.79 Å². The molecule has 0 rings (SSSR count). The van der Waals surface area contributed by atoms with Crippen LogP contribution in [-0.4, -0.2) is 25.4 Å². The molecule has 0 amide bonds. The minimum absolute atomic E-state index is 0.0567. The predicted molar refractivity (Wildman–Crippen MR) is 55.9 cm³/mol. The van der Waals surface area contributed by atoms with E-state index < -0.39 is 0 Å². The Morgan fingerprint density at radius 3 is 2.79 bits per heavy atom. The van der Waals surface area contributed by atoms with Crippen LogP contribution in [0, 0.1) is 0 Å². The highest BCUT2D eigenvalue weighted by Crippen LogP contribution is 2.08. The molecule has 0 aromatic heterocycles. The number of nitrogens with zero attached hydrogens (tertiary/aromatic N) is 3. The van der Waals surface area contributed by atoms with Crippen molar-refractivity contribution in [2.75, 3.05) is 13.6 Å². The van der Waals surface area contributed by atoms with E-state index in [-0.39, 0.29) is 11.8 Å². The van der Waals surface area contributed by atoms with Gasteiger partial charge in [0, 0.05) is 11.5 Å². The zero-order valence-electron chi connectivity index (χ0n) is 8.66. The van der Waals surface area contributed by atoms with Gasteiger partial charge in [0.05, 0.1) is 6.04 Å². The average molecular weight is 196 g/mol. The number of ketones is 1. The first-order valence-corrected chi connectivity index (χ1v) is 4.49. The molecule has 1 N–H and O–H groups in total. The molecule has 0 aromatic carbocycles. The fourth-order valence-corrected chi connectivity index (χ4v) is 1.26. The number of azide groups is 1. The fraction of sp³-hybridized carbons (Fsp3) is 0.667. The van der Waals surface area contributed by atoms with Crippen molar-refractivity contribution in [2.24, 2.45) is 5.11 Å². The van der Waals surface area contributed by atoms with E-state index in [0.29, 0.717) is 13.0 Å². The van der Waals surface area contributed by atoms with Gasteiger partial charge in [0.2, 0.25) is 0 Å². The van der Waals surface area contributed by atoms with Crippen LogP contribution in [0.25, 0.3) is 10.4 Å². The number of Topliss-reactive ketones (excluding diaryl/α,β-unsaturated/α-hetero) is 1. The van der Waals surface area contributed by atoms with E-state index in [1.807, 2.05) is 0 Å². The van der Waals surface area contributed by atoms with E-state index >= 15 is 0 Å². The molecule has 0 saturated carbocycles. The van der Waals surface area contributed by atoms with E-state index in [2.05, 4.69) is 21.9 Å². The summed E-state index contributed by atoms with van der Waals surface area (Å²) in [5, 5.41) is 6.30. The molecule has 0 spiro atoms. The quantitative estimate of drug-likeness (QED) is 0.221. The molecule has 5 nitrogen and oxygen atoms in total. The van der Waals surface area contributed by atoms with Crippen LogP contribution in [0.15, 0.2) is 17.3 Å². The van der Waals surface area contributed by atoms with Gasteiger partial charge in [-0.2, -0.15) is 0 Å². The third kappa shape index (κ3) is 4.64. The van der Waals surface area contributed by atoms with Gasteiger partial charge in [-0.25, -0.2) is 0 Å². The summed E-state index contributed by atoms with van der Waals surface area (Å²) in [6.45, 7) is 5.80. The Morgan fingerprint density at radius 2 is 2.36 bits per heavy atom. The van der Waals surface area contributed by atoms with Gasteiger partial charge >= 0.3 is 0 Å². The van der Waals surface area contributed by atoms with Crippen LogP contribution < -0.4 is 5.32 Å². The average Bonchev–Trinajstić information content (AvgIpc) is 2.13. The molecule has 1 atom stereocenters. The van der Waals surface area contributed by atoms with Crippen molar-refractivity contribution in [3.8, 4) is 0 Å². The first-order valence-electron chi connectivity index (χ1n) is 4.49. The molecule has 0 radical (unpaired) electrons. The maximum Gasteiger partial charge on any atom is 0.150 e. The topological polar surface area (TPSA) is 77.9 Å². The van der Waals surface area contributed by atoms with Gasteiger partial charge in [-0.1, -0.05) is 17.3 Å². The minimum Gasteiger partial charge on any atom is -0.307 e. The number of nitrogens with one attached hydrogen (secondary N) is 1. The second-order valence-corrected chi connectivity index (χ2v) is 3.05. The molecule has 0 aliphatic heterocycles. The SMILES string of the molecule is C=C(CCCN=[N+]=[N-])[C@@H](NC)C(C)=O. The maximum absolute atomic E-state index is 11.1. The van der Waals surface area contributed by atoms with Crippen molar-refractivity contribution in [2.45, 2.75) is 25.8 Å². The van der Waals surface area contributed by atoms with Crippen LogP contribution in [0.2, 0.25) is 0 Å². The van der Waals surface area contributed by atoms with Crippen LogP contribution in [0.4, 0.5) is 0 Å². The van der Waals surface area contributed by atoms with Crippen molar-refractivity contribution in [3.05, 3.63) is 22.6 Å². The Labute approximate surface area is 83.8 Å². The Balaban J connectivity index is 3.93. The van der Waals surface area contributed by atoms with Gasteiger partial charge in [0.15, 0.2) is 5.78 Å². The fourth-order valence-electron chi connectivity index (χ4n) is 1.26. The van der Waals surface area contributed by atoms with Crippen molar-refractivity contribution in [1.82, 2.24) is 5.32 Å². The van der Waals surface area contributed by atoms with Crippen LogP contribution in [0.5, 0.6) is 0 Å². The Bertz CT molecular complexity index is 256. The van der Waals surface area contributed by atoms with Gasteiger partial charge in [-0.15, -0.1) is 0 Å². The second kappa shape index (κ2) is 7.12. The third-order valence-corrected chi connectivity index (χ3v) is 1.92. The van der Waals surface area contributed by atoms with Crippen LogP contribution in [0.3, 0.4) is 0 Å². The highest BCUT2D eigenvalue weighted by Gasteiger charge is 2.14. The van der Waals surface area contributed by atoms with E-state index in [9.17, 15) is 4.79 Å². The van der Waals surface area contributed by atoms with E-state index in [1.54, 1.807) is 7.05 Å². The molecule has 0 fully saturated rings. The molecule has 0 unspecified atom stereocenters. The summed E-state index contributed by atoms with van der Waals surface area (Å²) < 4.78 is 0. The Kier molecular flexibility index (Phi) is 6.45. The number of hydrogen-bond donors (Lipinski definition) is 1. The predicted octanol–water partition coefficient (Wildman–Crippen LogP) is 1.81. The summed E-state index contributed by atoms with van der Waals surface area (Å²) in [6, 6.07) is -0.277. The first-order chi connectivity index (χ1) is 6.63. The Morgan fingerprint density at radius 1 is 1.71 bits per heavy atom. The van der Waals surface area contributed by atoms with Gasteiger partial charge in [-0.05, 0) is 32.3 Å². The lowest BCUT2D eigenvalue weighted by Gasteiger charge is -2.15. The van der Waals surface area contributed by atoms with Crippen molar-refractivity contribution in [3.63, 3.8) is 0 Å². The Hall–Kier alpha value is -1.32. The van der Waals surface area contributed by atoms with Crippen LogP contribution in [-0.2, 0) is 4.79 Å². The molecule has 0 aromatic rings. The molecule has 0 aliphatic carbocycles. The summed E-state index contributed by atoms with van der Waals surface area (Å²) in [4.78, 5) is 13.7. The number of carbonyl (C=O) groups excluding carboxylic acids is 1. The molecule has 0 heterocycles. The van der Waals surface area contributed by atoms with E-state index in [0.717, 1.165) is 12.0 Å². The lowest BCUT2D eigenvalue weighted by molar-refractivity contribution is -0.118. The summed E-state index contributed by atoms with van der Waals surface area (Å²) in [7, 11) is 1.73. The van der Waals surface area contributed by atoms with E-state index in [1.165, 1.54) is 6.92 Å². The highest BCUT2D eigenvalue weighted by atomic mass is 16.1. The van der Waals surface area contributed by atoms with Gasteiger partial charge in [0.25, 0.3) is 0 Å². The third-order valence-electron chi connectivity index (χ3n) is 1.92. The summed E-state index contributed by atoms with van der Waals surface area (Å²) in [6.07, 6.45) is 1.43. The molecule has 0 bridgehead atoms. The van der Waals surface area contributed by atoms with Crippen molar-refractivity contribution < 1.29 is 4.79 Å². The number of likely N-dealkylation sites (N-methyl/N-ethyl adjacent to an activating group) is 1. The number of hydrogen-bond acceptors (Lipinski definition) is 3. The second-order valence-electron chi connectivity index (χ2n) is 3.05. The van der Waals surface area contributed by atoms with Crippen molar-refractivity contribution in [1.29, 1.82) is 0 Å². The van der Waals surface area contributed by atoms with Gasteiger partial charge < -0.3 is 5.32 Å². The monoisotopic (exact) mass is 196 g/mol. The molecule has 78 valence electrons. The van der Waals surface area contributed by atoms with Gasteiger partial charge in [0.1, 0.15) is 0 Å². The normalized spacial score (nSPS) is 11.6. The molecular formula is C9H16N4O.